The predicted molar refractivity (Wildman–Crippen MR) is 61.1 cm³/mol. The molecule has 4 nitrogen and oxygen atoms in total. The van der Waals surface area contributed by atoms with E-state index in [9.17, 15) is 4.79 Å². The Morgan fingerprint density at radius 1 is 1.69 bits per heavy atom. The summed E-state index contributed by atoms with van der Waals surface area (Å²) in [5.74, 6) is 1.08. The van der Waals surface area contributed by atoms with Gasteiger partial charge in [-0.25, -0.2) is 0 Å². The van der Waals surface area contributed by atoms with Crippen LogP contribution in [0, 0.1) is 0 Å². The van der Waals surface area contributed by atoms with E-state index in [2.05, 4.69) is 5.32 Å². The summed E-state index contributed by atoms with van der Waals surface area (Å²) in [5.41, 5.74) is 0. The van der Waals surface area contributed by atoms with Gasteiger partial charge in [0.2, 0.25) is 5.91 Å². The van der Waals surface area contributed by atoms with Gasteiger partial charge in [-0.15, -0.1) is 0 Å². The molecule has 1 unspecified atom stereocenters. The van der Waals surface area contributed by atoms with Gasteiger partial charge in [-0.05, 0) is 25.1 Å². The molecular weight excluding hydrogens is 204 g/mol. The summed E-state index contributed by atoms with van der Waals surface area (Å²) in [6.07, 6.45) is 3.92. The molecule has 0 saturated carbocycles. The second kappa shape index (κ2) is 5.16. The van der Waals surface area contributed by atoms with Crippen LogP contribution in [0.5, 0.6) is 0 Å². The van der Waals surface area contributed by atoms with Gasteiger partial charge in [0.1, 0.15) is 5.76 Å². The molecule has 1 aliphatic heterocycles. The highest BCUT2D eigenvalue weighted by molar-refractivity contribution is 5.76. The van der Waals surface area contributed by atoms with E-state index in [4.69, 9.17) is 4.42 Å². The van der Waals surface area contributed by atoms with E-state index in [0.29, 0.717) is 18.9 Å². The molecule has 0 spiro atoms. The summed E-state index contributed by atoms with van der Waals surface area (Å²) in [7, 11) is 1.89. The molecule has 1 atom stereocenters. The fourth-order valence-corrected chi connectivity index (χ4v) is 2.03. The number of rotatable bonds is 4. The lowest BCUT2D eigenvalue weighted by atomic mass is 10.2. The summed E-state index contributed by atoms with van der Waals surface area (Å²) >= 11 is 0. The monoisotopic (exact) mass is 222 g/mol. The highest BCUT2D eigenvalue weighted by Gasteiger charge is 2.22. The number of hydrogen-bond acceptors (Lipinski definition) is 3. The quantitative estimate of drug-likeness (QED) is 0.827. The molecule has 1 aliphatic rings. The SMILES string of the molecule is CN(C(=O)CCc1ccco1)C1CCNC1. The maximum Gasteiger partial charge on any atom is 0.223 e. The van der Waals surface area contributed by atoms with Gasteiger partial charge in [0, 0.05) is 32.5 Å². The first-order valence-electron chi connectivity index (χ1n) is 5.76. The smallest absolute Gasteiger partial charge is 0.223 e. The molecule has 1 aromatic heterocycles. The molecule has 1 amide bonds. The Labute approximate surface area is 95.6 Å². The number of carbonyl (C=O) groups is 1. The minimum Gasteiger partial charge on any atom is -0.469 e. The van der Waals surface area contributed by atoms with Crippen LogP contribution in [0.3, 0.4) is 0 Å². The number of carbonyl (C=O) groups excluding carboxylic acids is 1. The van der Waals surface area contributed by atoms with Gasteiger partial charge in [-0.3, -0.25) is 4.79 Å². The third-order valence-corrected chi connectivity index (χ3v) is 3.14. The Balaban J connectivity index is 1.78. The van der Waals surface area contributed by atoms with Gasteiger partial charge >= 0.3 is 0 Å². The van der Waals surface area contributed by atoms with E-state index in [0.717, 1.165) is 25.3 Å². The lowest BCUT2D eigenvalue weighted by Gasteiger charge is -2.23. The van der Waals surface area contributed by atoms with E-state index in [1.54, 1.807) is 6.26 Å². The highest BCUT2D eigenvalue weighted by atomic mass is 16.3. The van der Waals surface area contributed by atoms with Crippen molar-refractivity contribution in [1.29, 1.82) is 0 Å². The summed E-state index contributed by atoms with van der Waals surface area (Å²) < 4.78 is 5.21. The number of nitrogens with one attached hydrogen (secondary N) is 1. The Bertz CT molecular complexity index is 329. The molecule has 4 heteroatoms. The minimum absolute atomic E-state index is 0.199. The molecular formula is C12H18N2O2. The van der Waals surface area contributed by atoms with Crippen LogP contribution in [0.1, 0.15) is 18.6 Å². The Kier molecular flexibility index (Phi) is 3.62. The van der Waals surface area contributed by atoms with Crippen LogP contribution in [0.15, 0.2) is 22.8 Å². The van der Waals surface area contributed by atoms with Crippen molar-refractivity contribution in [2.75, 3.05) is 20.1 Å². The predicted octanol–water partition coefficient (Wildman–Crippen LogP) is 1.03. The molecule has 0 aromatic carbocycles. The average molecular weight is 222 g/mol. The highest BCUT2D eigenvalue weighted by Crippen LogP contribution is 2.10. The molecule has 88 valence electrons. The van der Waals surface area contributed by atoms with Crippen LogP contribution in [0.4, 0.5) is 0 Å². The van der Waals surface area contributed by atoms with Crippen molar-refractivity contribution in [2.45, 2.75) is 25.3 Å². The van der Waals surface area contributed by atoms with E-state index in [1.807, 2.05) is 24.1 Å². The van der Waals surface area contributed by atoms with E-state index in [-0.39, 0.29) is 5.91 Å². The average Bonchev–Trinajstić information content (AvgIpc) is 2.96. The third kappa shape index (κ3) is 2.64. The van der Waals surface area contributed by atoms with Crippen LogP contribution >= 0.6 is 0 Å². The summed E-state index contributed by atoms with van der Waals surface area (Å²) in [6, 6.07) is 4.12. The molecule has 1 aromatic rings. The molecule has 1 fully saturated rings. The number of furan rings is 1. The Hall–Kier alpha value is -1.29. The van der Waals surface area contributed by atoms with Crippen molar-refractivity contribution < 1.29 is 9.21 Å². The topological polar surface area (TPSA) is 45.5 Å². The standard InChI is InChI=1S/C12H18N2O2/c1-14(10-6-7-13-9-10)12(15)5-4-11-3-2-8-16-11/h2-3,8,10,13H,4-7,9H2,1H3. The van der Waals surface area contributed by atoms with E-state index >= 15 is 0 Å². The van der Waals surface area contributed by atoms with Crippen LogP contribution in [0.2, 0.25) is 0 Å². The molecule has 1 N–H and O–H groups in total. The first kappa shape index (κ1) is 11.2. The lowest BCUT2D eigenvalue weighted by molar-refractivity contribution is -0.131. The van der Waals surface area contributed by atoms with Gasteiger partial charge in [0.15, 0.2) is 0 Å². The van der Waals surface area contributed by atoms with Crippen LogP contribution < -0.4 is 5.32 Å². The Morgan fingerprint density at radius 3 is 3.19 bits per heavy atom. The summed E-state index contributed by atoms with van der Waals surface area (Å²) in [5, 5.41) is 3.27. The fourth-order valence-electron chi connectivity index (χ4n) is 2.03. The first-order valence-corrected chi connectivity index (χ1v) is 5.76. The fraction of sp³-hybridized carbons (Fsp3) is 0.583. The Morgan fingerprint density at radius 2 is 2.56 bits per heavy atom. The molecule has 0 radical (unpaired) electrons. The second-order valence-corrected chi connectivity index (χ2v) is 4.23. The summed E-state index contributed by atoms with van der Waals surface area (Å²) in [4.78, 5) is 13.7. The van der Waals surface area contributed by atoms with Gasteiger partial charge < -0.3 is 14.6 Å². The zero-order valence-corrected chi connectivity index (χ0v) is 9.61. The zero-order chi connectivity index (χ0) is 11.4. The van der Waals surface area contributed by atoms with Crippen molar-refractivity contribution in [3.05, 3.63) is 24.2 Å². The van der Waals surface area contributed by atoms with Gasteiger partial charge in [-0.1, -0.05) is 0 Å². The van der Waals surface area contributed by atoms with Crippen molar-refractivity contribution in [1.82, 2.24) is 10.2 Å². The summed E-state index contributed by atoms with van der Waals surface area (Å²) in [6.45, 7) is 1.93. The molecule has 2 heterocycles. The van der Waals surface area contributed by atoms with Crippen LogP contribution in [-0.2, 0) is 11.2 Å². The third-order valence-electron chi connectivity index (χ3n) is 3.14. The van der Waals surface area contributed by atoms with Gasteiger partial charge in [0.05, 0.1) is 6.26 Å². The number of aryl methyl sites for hydroxylation is 1. The van der Waals surface area contributed by atoms with Crippen molar-refractivity contribution >= 4 is 5.91 Å². The second-order valence-electron chi connectivity index (χ2n) is 4.23. The van der Waals surface area contributed by atoms with E-state index in [1.165, 1.54) is 0 Å². The number of likely N-dealkylation sites (N-methyl/N-ethyl adjacent to an activating group) is 1. The molecule has 1 saturated heterocycles. The number of hydrogen-bond donors (Lipinski definition) is 1. The number of amides is 1. The number of nitrogens with zero attached hydrogens (tertiary/aromatic N) is 1. The first-order chi connectivity index (χ1) is 7.77. The lowest BCUT2D eigenvalue weighted by Crippen LogP contribution is -2.38. The van der Waals surface area contributed by atoms with Gasteiger partial charge in [0.25, 0.3) is 0 Å². The molecule has 2 rings (SSSR count). The maximum absolute atomic E-state index is 11.9. The van der Waals surface area contributed by atoms with Crippen molar-refractivity contribution in [3.63, 3.8) is 0 Å². The zero-order valence-electron chi connectivity index (χ0n) is 9.61. The molecule has 0 bridgehead atoms. The molecule has 0 aliphatic carbocycles. The van der Waals surface area contributed by atoms with Crippen LogP contribution in [0.25, 0.3) is 0 Å². The van der Waals surface area contributed by atoms with Crippen molar-refractivity contribution in [3.8, 4) is 0 Å². The van der Waals surface area contributed by atoms with Crippen molar-refractivity contribution in [2.24, 2.45) is 0 Å². The van der Waals surface area contributed by atoms with Crippen LogP contribution in [-0.4, -0.2) is 37.0 Å². The molecule has 16 heavy (non-hydrogen) atoms. The van der Waals surface area contributed by atoms with Gasteiger partial charge in [-0.2, -0.15) is 0 Å². The van der Waals surface area contributed by atoms with E-state index < -0.39 is 0 Å². The normalized spacial score (nSPS) is 19.9. The largest absolute Gasteiger partial charge is 0.469 e. The minimum atomic E-state index is 0.199. The maximum atomic E-state index is 11.9.